The Balaban J connectivity index is 1.82. The summed E-state index contributed by atoms with van der Waals surface area (Å²) in [6, 6.07) is 17.2. The highest BCUT2D eigenvalue weighted by Gasteiger charge is 2.06. The van der Waals surface area contributed by atoms with Crippen LogP contribution >= 0.6 is 0 Å². The summed E-state index contributed by atoms with van der Waals surface area (Å²) in [6.07, 6.45) is 1.72. The van der Waals surface area contributed by atoms with Crippen molar-refractivity contribution in [1.29, 1.82) is 0 Å². The van der Waals surface area contributed by atoms with Gasteiger partial charge in [0, 0.05) is 17.8 Å². The van der Waals surface area contributed by atoms with Crippen molar-refractivity contribution in [3.8, 4) is 17.1 Å². The molecule has 0 saturated heterocycles. The third kappa shape index (κ3) is 3.33. The molecular weight excluding hydrogens is 264 g/mol. The van der Waals surface area contributed by atoms with E-state index >= 15 is 0 Å². The molecule has 2 aromatic heterocycles. The van der Waals surface area contributed by atoms with Crippen LogP contribution in [0.4, 0.5) is 5.95 Å². The minimum Gasteiger partial charge on any atom is -0.471 e. The van der Waals surface area contributed by atoms with Crippen molar-refractivity contribution >= 4 is 5.95 Å². The van der Waals surface area contributed by atoms with E-state index in [-0.39, 0.29) is 5.95 Å². The van der Waals surface area contributed by atoms with Crippen molar-refractivity contribution in [2.24, 2.45) is 0 Å². The van der Waals surface area contributed by atoms with Gasteiger partial charge in [0.25, 0.3) is 0 Å². The van der Waals surface area contributed by atoms with Crippen molar-refractivity contribution < 1.29 is 4.74 Å². The largest absolute Gasteiger partial charge is 0.471 e. The maximum absolute atomic E-state index is 5.75. The molecule has 0 aliphatic heterocycles. The van der Waals surface area contributed by atoms with E-state index in [1.54, 1.807) is 12.3 Å². The van der Waals surface area contributed by atoms with Crippen LogP contribution in [-0.4, -0.2) is 15.0 Å². The third-order valence-corrected chi connectivity index (χ3v) is 2.88. The van der Waals surface area contributed by atoms with Crippen LogP contribution in [0.1, 0.15) is 5.69 Å². The average Bonchev–Trinajstić information content (AvgIpc) is 2.54. The summed E-state index contributed by atoms with van der Waals surface area (Å²) in [6.45, 7) is 0.339. The van der Waals surface area contributed by atoms with Gasteiger partial charge in [-0.05, 0) is 12.1 Å². The van der Waals surface area contributed by atoms with E-state index in [1.165, 1.54) is 0 Å². The molecule has 0 spiro atoms. The van der Waals surface area contributed by atoms with E-state index in [1.807, 2.05) is 48.5 Å². The zero-order chi connectivity index (χ0) is 14.5. The smallest absolute Gasteiger partial charge is 0.223 e. The van der Waals surface area contributed by atoms with Gasteiger partial charge >= 0.3 is 0 Å². The summed E-state index contributed by atoms with van der Waals surface area (Å²) in [7, 11) is 0. The standard InChI is InChI=1S/C16H14N4O/c17-16-19-14(12-6-2-1-3-7-12)10-15(20-16)21-11-13-8-4-5-9-18-13/h1-10H,11H2,(H2,17,19,20). The number of nitrogens with zero attached hydrogens (tertiary/aromatic N) is 3. The monoisotopic (exact) mass is 278 g/mol. The van der Waals surface area contributed by atoms with Gasteiger partial charge in [0.1, 0.15) is 6.61 Å². The van der Waals surface area contributed by atoms with Gasteiger partial charge in [0.15, 0.2) is 0 Å². The van der Waals surface area contributed by atoms with Crippen LogP contribution < -0.4 is 10.5 Å². The lowest BCUT2D eigenvalue weighted by Gasteiger charge is -2.07. The molecule has 0 saturated carbocycles. The number of nitrogens with two attached hydrogens (primary N) is 1. The Bertz CT molecular complexity index is 717. The predicted octanol–water partition coefficient (Wildman–Crippen LogP) is 2.70. The van der Waals surface area contributed by atoms with Crippen molar-refractivity contribution in [2.45, 2.75) is 6.61 Å². The van der Waals surface area contributed by atoms with Crippen molar-refractivity contribution in [1.82, 2.24) is 15.0 Å². The molecule has 0 unspecified atom stereocenters. The zero-order valence-electron chi connectivity index (χ0n) is 11.3. The first kappa shape index (κ1) is 13.1. The molecule has 21 heavy (non-hydrogen) atoms. The molecule has 0 atom stereocenters. The molecule has 0 fully saturated rings. The number of ether oxygens (including phenoxy) is 1. The van der Waals surface area contributed by atoms with Gasteiger partial charge in [-0.25, -0.2) is 4.98 Å². The van der Waals surface area contributed by atoms with Gasteiger partial charge in [-0.2, -0.15) is 4.98 Å². The summed E-state index contributed by atoms with van der Waals surface area (Å²) >= 11 is 0. The van der Waals surface area contributed by atoms with Crippen LogP contribution in [0.2, 0.25) is 0 Å². The van der Waals surface area contributed by atoms with Gasteiger partial charge in [0.05, 0.1) is 11.4 Å². The SMILES string of the molecule is Nc1nc(OCc2ccccn2)cc(-c2ccccc2)n1. The summed E-state index contributed by atoms with van der Waals surface area (Å²) in [5, 5.41) is 0. The molecule has 5 nitrogen and oxygen atoms in total. The van der Waals surface area contributed by atoms with Gasteiger partial charge in [-0.3, -0.25) is 4.98 Å². The maximum Gasteiger partial charge on any atom is 0.223 e. The Kier molecular flexibility index (Phi) is 3.73. The fourth-order valence-electron chi connectivity index (χ4n) is 1.90. The minimum atomic E-state index is 0.187. The number of aromatic nitrogens is 3. The van der Waals surface area contributed by atoms with Crippen molar-refractivity contribution in [2.75, 3.05) is 5.73 Å². The molecule has 0 aliphatic rings. The van der Waals surface area contributed by atoms with Gasteiger partial charge in [0.2, 0.25) is 11.8 Å². The molecule has 104 valence electrons. The van der Waals surface area contributed by atoms with Crippen LogP contribution in [0, 0.1) is 0 Å². The van der Waals surface area contributed by atoms with Gasteiger partial charge < -0.3 is 10.5 Å². The predicted molar refractivity (Wildman–Crippen MR) is 80.4 cm³/mol. The van der Waals surface area contributed by atoms with E-state index in [4.69, 9.17) is 10.5 Å². The molecule has 3 rings (SSSR count). The van der Waals surface area contributed by atoms with E-state index in [2.05, 4.69) is 15.0 Å². The highest BCUT2D eigenvalue weighted by molar-refractivity contribution is 5.61. The van der Waals surface area contributed by atoms with E-state index in [0.717, 1.165) is 17.0 Å². The highest BCUT2D eigenvalue weighted by Crippen LogP contribution is 2.21. The molecule has 2 N–H and O–H groups in total. The molecule has 0 aliphatic carbocycles. The number of pyridine rings is 1. The molecular formula is C16H14N4O. The fraction of sp³-hybridized carbons (Fsp3) is 0.0625. The van der Waals surface area contributed by atoms with Gasteiger partial charge in [-0.15, -0.1) is 0 Å². The molecule has 0 amide bonds. The third-order valence-electron chi connectivity index (χ3n) is 2.88. The van der Waals surface area contributed by atoms with Crippen LogP contribution in [0.5, 0.6) is 5.88 Å². The second-order valence-corrected chi connectivity index (χ2v) is 4.43. The van der Waals surface area contributed by atoms with Crippen molar-refractivity contribution in [3.63, 3.8) is 0 Å². The highest BCUT2D eigenvalue weighted by atomic mass is 16.5. The Morgan fingerprint density at radius 2 is 1.76 bits per heavy atom. The zero-order valence-corrected chi connectivity index (χ0v) is 11.3. The lowest BCUT2D eigenvalue weighted by molar-refractivity contribution is 0.289. The van der Waals surface area contributed by atoms with Crippen LogP contribution in [0.15, 0.2) is 60.8 Å². The number of hydrogen-bond acceptors (Lipinski definition) is 5. The molecule has 3 aromatic rings. The first-order chi connectivity index (χ1) is 10.3. The Morgan fingerprint density at radius 3 is 2.52 bits per heavy atom. The molecule has 0 radical (unpaired) electrons. The number of rotatable bonds is 4. The summed E-state index contributed by atoms with van der Waals surface area (Å²) in [4.78, 5) is 12.5. The number of hydrogen-bond donors (Lipinski definition) is 1. The number of nitrogen functional groups attached to an aromatic ring is 1. The topological polar surface area (TPSA) is 73.9 Å². The lowest BCUT2D eigenvalue weighted by atomic mass is 10.1. The number of benzene rings is 1. The Morgan fingerprint density at radius 1 is 0.952 bits per heavy atom. The van der Waals surface area contributed by atoms with E-state index in [0.29, 0.717) is 12.5 Å². The fourth-order valence-corrected chi connectivity index (χ4v) is 1.90. The average molecular weight is 278 g/mol. The lowest BCUT2D eigenvalue weighted by Crippen LogP contribution is -2.03. The van der Waals surface area contributed by atoms with Crippen LogP contribution in [0.25, 0.3) is 11.3 Å². The van der Waals surface area contributed by atoms with Crippen LogP contribution in [0.3, 0.4) is 0 Å². The first-order valence-corrected chi connectivity index (χ1v) is 6.54. The summed E-state index contributed by atoms with van der Waals surface area (Å²) < 4.78 is 5.64. The second-order valence-electron chi connectivity index (χ2n) is 4.43. The summed E-state index contributed by atoms with van der Waals surface area (Å²) in [5.41, 5.74) is 8.28. The van der Waals surface area contributed by atoms with Crippen LogP contribution in [-0.2, 0) is 6.61 Å². The van der Waals surface area contributed by atoms with E-state index < -0.39 is 0 Å². The normalized spacial score (nSPS) is 10.3. The van der Waals surface area contributed by atoms with E-state index in [9.17, 15) is 0 Å². The number of anilines is 1. The molecule has 2 heterocycles. The molecule has 1 aromatic carbocycles. The second kappa shape index (κ2) is 6.00. The molecule has 5 heteroatoms. The summed E-state index contributed by atoms with van der Waals surface area (Å²) in [5.74, 6) is 0.624. The minimum absolute atomic E-state index is 0.187. The Hall–Kier alpha value is -2.95. The molecule has 0 bridgehead atoms. The first-order valence-electron chi connectivity index (χ1n) is 6.54. The quantitative estimate of drug-likeness (QED) is 0.794. The maximum atomic E-state index is 5.75. The Labute approximate surface area is 122 Å². The van der Waals surface area contributed by atoms with Gasteiger partial charge in [-0.1, -0.05) is 36.4 Å². The van der Waals surface area contributed by atoms with Crippen molar-refractivity contribution in [3.05, 3.63) is 66.5 Å².